The Bertz CT molecular complexity index is 644. The third-order valence-electron chi connectivity index (χ3n) is 3.14. The van der Waals surface area contributed by atoms with Crippen LogP contribution in [0, 0.1) is 25.2 Å². The summed E-state index contributed by atoms with van der Waals surface area (Å²) >= 11 is 5.95. The first kappa shape index (κ1) is 13.3. The van der Waals surface area contributed by atoms with E-state index in [1.807, 2.05) is 37.9 Å². The van der Waals surface area contributed by atoms with Gasteiger partial charge in [-0.1, -0.05) is 11.6 Å². The van der Waals surface area contributed by atoms with Crippen LogP contribution >= 0.6 is 11.6 Å². The summed E-state index contributed by atoms with van der Waals surface area (Å²) in [6.07, 6.45) is 0. The first-order chi connectivity index (χ1) is 9.04. The number of hydrogen-bond donors (Lipinski definition) is 0. The second-order valence-electron chi connectivity index (χ2n) is 4.28. The fourth-order valence-electron chi connectivity index (χ4n) is 1.76. The van der Waals surface area contributed by atoms with Gasteiger partial charge in [0.1, 0.15) is 0 Å². The SMILES string of the molecule is Cc1c(Cl)nnc(N(C)c2ccc(C#N)cc2)c1C. The highest BCUT2D eigenvalue weighted by Crippen LogP contribution is 2.28. The van der Waals surface area contributed by atoms with Crippen molar-refractivity contribution >= 4 is 23.1 Å². The van der Waals surface area contributed by atoms with Crippen LogP contribution in [-0.2, 0) is 0 Å². The standard InChI is InChI=1S/C14H13ClN4/c1-9-10(2)14(18-17-13(9)15)19(3)12-6-4-11(8-16)5-7-12/h4-7H,1-3H3. The van der Waals surface area contributed by atoms with Crippen molar-refractivity contribution in [2.75, 3.05) is 11.9 Å². The summed E-state index contributed by atoms with van der Waals surface area (Å²) in [5.74, 6) is 0.756. The molecule has 1 aromatic carbocycles. The Morgan fingerprint density at radius 2 is 1.74 bits per heavy atom. The van der Waals surface area contributed by atoms with Gasteiger partial charge in [-0.2, -0.15) is 5.26 Å². The number of benzene rings is 1. The zero-order valence-electron chi connectivity index (χ0n) is 11.0. The van der Waals surface area contributed by atoms with Crippen molar-refractivity contribution in [3.05, 3.63) is 46.1 Å². The van der Waals surface area contributed by atoms with E-state index in [2.05, 4.69) is 16.3 Å². The summed E-state index contributed by atoms with van der Waals surface area (Å²) in [6.45, 7) is 3.88. The van der Waals surface area contributed by atoms with E-state index >= 15 is 0 Å². The van der Waals surface area contributed by atoms with E-state index in [4.69, 9.17) is 16.9 Å². The number of hydrogen-bond acceptors (Lipinski definition) is 4. The van der Waals surface area contributed by atoms with Crippen LogP contribution < -0.4 is 4.90 Å². The molecule has 0 aliphatic rings. The monoisotopic (exact) mass is 272 g/mol. The Labute approximate surface area is 117 Å². The average molecular weight is 273 g/mol. The van der Waals surface area contributed by atoms with E-state index < -0.39 is 0 Å². The second-order valence-corrected chi connectivity index (χ2v) is 4.64. The largest absolute Gasteiger partial charge is 0.328 e. The van der Waals surface area contributed by atoms with E-state index in [0.29, 0.717) is 10.7 Å². The van der Waals surface area contributed by atoms with Crippen molar-refractivity contribution < 1.29 is 0 Å². The number of nitriles is 1. The van der Waals surface area contributed by atoms with Crippen LogP contribution in [0.15, 0.2) is 24.3 Å². The molecule has 0 aliphatic carbocycles. The zero-order chi connectivity index (χ0) is 14.0. The summed E-state index contributed by atoms with van der Waals surface area (Å²) in [5, 5.41) is 17.3. The number of halogens is 1. The molecule has 0 atom stereocenters. The molecule has 2 rings (SSSR count). The lowest BCUT2D eigenvalue weighted by Crippen LogP contribution is -2.14. The third-order valence-corrected chi connectivity index (χ3v) is 3.50. The fraction of sp³-hybridized carbons (Fsp3) is 0.214. The lowest BCUT2D eigenvalue weighted by atomic mass is 10.1. The molecule has 0 saturated carbocycles. The minimum atomic E-state index is 0.425. The predicted molar refractivity (Wildman–Crippen MR) is 75.7 cm³/mol. The summed E-state index contributed by atoms with van der Waals surface area (Å²) in [6, 6.07) is 9.40. The lowest BCUT2D eigenvalue weighted by molar-refractivity contribution is 0.957. The molecule has 0 N–H and O–H groups in total. The molecule has 0 spiro atoms. The van der Waals surface area contributed by atoms with Crippen molar-refractivity contribution in [1.29, 1.82) is 5.26 Å². The molecule has 0 unspecified atom stereocenters. The summed E-state index contributed by atoms with van der Waals surface area (Å²) < 4.78 is 0. The van der Waals surface area contributed by atoms with Gasteiger partial charge < -0.3 is 4.90 Å². The van der Waals surface area contributed by atoms with Gasteiger partial charge in [-0.15, -0.1) is 10.2 Å². The van der Waals surface area contributed by atoms with Gasteiger partial charge >= 0.3 is 0 Å². The smallest absolute Gasteiger partial charge is 0.158 e. The lowest BCUT2D eigenvalue weighted by Gasteiger charge is -2.20. The Balaban J connectivity index is 2.41. The summed E-state index contributed by atoms with van der Waals surface area (Å²) in [5.41, 5.74) is 3.49. The molecule has 5 heteroatoms. The Kier molecular flexibility index (Phi) is 3.68. The van der Waals surface area contributed by atoms with Crippen LogP contribution in [0.1, 0.15) is 16.7 Å². The van der Waals surface area contributed by atoms with Gasteiger partial charge in [-0.3, -0.25) is 0 Å². The predicted octanol–water partition coefficient (Wildman–Crippen LogP) is 3.39. The Morgan fingerprint density at radius 3 is 2.32 bits per heavy atom. The molecule has 0 amide bonds. The van der Waals surface area contributed by atoms with Gasteiger partial charge in [-0.05, 0) is 49.2 Å². The highest BCUT2D eigenvalue weighted by atomic mass is 35.5. The minimum Gasteiger partial charge on any atom is -0.328 e. The minimum absolute atomic E-state index is 0.425. The topological polar surface area (TPSA) is 52.8 Å². The van der Waals surface area contributed by atoms with Crippen LogP contribution in [0.2, 0.25) is 5.15 Å². The maximum absolute atomic E-state index is 8.79. The molecule has 1 aromatic heterocycles. The first-order valence-electron chi connectivity index (χ1n) is 5.78. The normalized spacial score (nSPS) is 10.1. The molecule has 2 aromatic rings. The average Bonchev–Trinajstić information content (AvgIpc) is 2.44. The molecule has 0 aliphatic heterocycles. The van der Waals surface area contributed by atoms with Gasteiger partial charge in [0, 0.05) is 12.7 Å². The fourth-order valence-corrected chi connectivity index (χ4v) is 1.94. The molecule has 0 bridgehead atoms. The summed E-state index contributed by atoms with van der Waals surface area (Å²) in [4.78, 5) is 1.92. The van der Waals surface area contributed by atoms with Crippen molar-refractivity contribution in [1.82, 2.24) is 10.2 Å². The maximum atomic E-state index is 8.79. The van der Waals surface area contributed by atoms with Crippen molar-refractivity contribution in [3.63, 3.8) is 0 Å². The molecule has 1 heterocycles. The first-order valence-corrected chi connectivity index (χ1v) is 6.15. The quantitative estimate of drug-likeness (QED) is 0.841. The van der Waals surface area contributed by atoms with Crippen molar-refractivity contribution in [2.45, 2.75) is 13.8 Å². The van der Waals surface area contributed by atoms with E-state index in [1.54, 1.807) is 12.1 Å². The van der Waals surface area contributed by atoms with Gasteiger partial charge in [0.05, 0.1) is 11.6 Å². The van der Waals surface area contributed by atoms with Gasteiger partial charge in [0.25, 0.3) is 0 Å². The van der Waals surface area contributed by atoms with Crippen molar-refractivity contribution in [3.8, 4) is 6.07 Å². The van der Waals surface area contributed by atoms with Crippen molar-refractivity contribution in [2.24, 2.45) is 0 Å². The molecule has 4 nitrogen and oxygen atoms in total. The molecule has 0 fully saturated rings. The maximum Gasteiger partial charge on any atom is 0.158 e. The molecular weight excluding hydrogens is 260 g/mol. The van der Waals surface area contributed by atoms with E-state index in [9.17, 15) is 0 Å². The van der Waals surface area contributed by atoms with Crippen LogP contribution in [0.3, 0.4) is 0 Å². The molecule has 19 heavy (non-hydrogen) atoms. The van der Waals surface area contributed by atoms with Crippen LogP contribution in [0.25, 0.3) is 0 Å². The van der Waals surface area contributed by atoms with Gasteiger partial charge in [-0.25, -0.2) is 0 Å². The Morgan fingerprint density at radius 1 is 1.11 bits per heavy atom. The number of anilines is 2. The number of nitrogens with zero attached hydrogens (tertiary/aromatic N) is 4. The molecule has 0 radical (unpaired) electrons. The molecule has 0 saturated heterocycles. The highest BCUT2D eigenvalue weighted by molar-refractivity contribution is 6.30. The number of rotatable bonds is 2. The van der Waals surface area contributed by atoms with E-state index in [1.165, 1.54) is 0 Å². The van der Waals surface area contributed by atoms with Gasteiger partial charge in [0.2, 0.25) is 0 Å². The van der Waals surface area contributed by atoms with Crippen LogP contribution in [-0.4, -0.2) is 17.2 Å². The van der Waals surface area contributed by atoms with Crippen LogP contribution in [0.4, 0.5) is 11.5 Å². The Hall–Kier alpha value is -2.12. The third kappa shape index (κ3) is 2.51. The number of aromatic nitrogens is 2. The van der Waals surface area contributed by atoms with Gasteiger partial charge in [0.15, 0.2) is 11.0 Å². The second kappa shape index (κ2) is 5.25. The zero-order valence-corrected chi connectivity index (χ0v) is 11.7. The van der Waals surface area contributed by atoms with Crippen LogP contribution in [0.5, 0.6) is 0 Å². The van der Waals surface area contributed by atoms with E-state index in [0.717, 1.165) is 22.6 Å². The highest BCUT2D eigenvalue weighted by Gasteiger charge is 2.13. The molecular formula is C14H13ClN4. The summed E-state index contributed by atoms with van der Waals surface area (Å²) in [7, 11) is 1.91. The van der Waals surface area contributed by atoms with E-state index in [-0.39, 0.29) is 0 Å². The molecule has 96 valence electrons.